The first kappa shape index (κ1) is 15.9. The van der Waals surface area contributed by atoms with Crippen LogP contribution in [-0.4, -0.2) is 50.1 Å². The number of amides is 1. The van der Waals surface area contributed by atoms with Gasteiger partial charge in [0, 0.05) is 6.54 Å². The van der Waals surface area contributed by atoms with E-state index in [1.165, 1.54) is 18.4 Å². The van der Waals surface area contributed by atoms with Crippen LogP contribution in [0.25, 0.3) is 0 Å². The summed E-state index contributed by atoms with van der Waals surface area (Å²) < 4.78 is 4.69. The molecule has 1 unspecified atom stereocenters. The molecule has 0 aromatic carbocycles. The van der Waals surface area contributed by atoms with E-state index in [1.54, 1.807) is 11.4 Å². The van der Waals surface area contributed by atoms with Gasteiger partial charge in [0.05, 0.1) is 19.3 Å². The lowest BCUT2D eigenvalue weighted by atomic mass is 9.90. The highest BCUT2D eigenvalue weighted by molar-refractivity contribution is 7.12. The zero-order valence-corrected chi connectivity index (χ0v) is 13.2. The van der Waals surface area contributed by atoms with Crippen LogP contribution >= 0.6 is 11.3 Å². The fourth-order valence-electron chi connectivity index (χ4n) is 2.48. The number of likely N-dealkylation sites (tertiary alicyclic amines) is 1. The van der Waals surface area contributed by atoms with Gasteiger partial charge < -0.3 is 15.8 Å². The summed E-state index contributed by atoms with van der Waals surface area (Å²) in [6.45, 7) is 4.77. The molecule has 1 aliphatic heterocycles. The van der Waals surface area contributed by atoms with Crippen LogP contribution in [0.2, 0.25) is 0 Å². The number of nitrogens with two attached hydrogens (primary N) is 1. The molecule has 0 radical (unpaired) electrons. The van der Waals surface area contributed by atoms with Crippen LogP contribution in [0, 0.1) is 5.41 Å². The van der Waals surface area contributed by atoms with Crippen molar-refractivity contribution in [3.63, 3.8) is 0 Å². The lowest BCUT2D eigenvalue weighted by Crippen LogP contribution is -2.35. The summed E-state index contributed by atoms with van der Waals surface area (Å²) in [5, 5.41) is 4.53. The summed E-state index contributed by atoms with van der Waals surface area (Å²) in [6, 6.07) is 1.71. The van der Waals surface area contributed by atoms with Crippen LogP contribution in [-0.2, 0) is 9.53 Å². The third kappa shape index (κ3) is 3.81. The van der Waals surface area contributed by atoms with Gasteiger partial charge in [-0.2, -0.15) is 0 Å². The highest BCUT2D eigenvalue weighted by Gasteiger charge is 2.33. The Morgan fingerprint density at radius 1 is 1.57 bits per heavy atom. The van der Waals surface area contributed by atoms with Gasteiger partial charge in [-0.15, -0.1) is 11.3 Å². The van der Waals surface area contributed by atoms with Gasteiger partial charge in [-0.3, -0.25) is 9.69 Å². The zero-order valence-electron chi connectivity index (χ0n) is 12.3. The Morgan fingerprint density at radius 3 is 2.95 bits per heavy atom. The summed E-state index contributed by atoms with van der Waals surface area (Å²) in [4.78, 5) is 26.2. The quantitative estimate of drug-likeness (QED) is 0.797. The fraction of sp³-hybridized carbons (Fsp3) is 0.571. The normalized spacial score (nSPS) is 22.2. The highest BCUT2D eigenvalue weighted by atomic mass is 32.1. The topological polar surface area (TPSA) is 84.7 Å². The zero-order chi connectivity index (χ0) is 15.5. The Balaban J connectivity index is 1.91. The molecule has 0 spiro atoms. The molecule has 7 heteroatoms. The first-order valence-corrected chi connectivity index (χ1v) is 7.73. The number of hydrogen-bond acceptors (Lipinski definition) is 6. The Kier molecular flexibility index (Phi) is 4.97. The van der Waals surface area contributed by atoms with E-state index < -0.39 is 5.97 Å². The molecule has 116 valence electrons. The van der Waals surface area contributed by atoms with Crippen molar-refractivity contribution in [2.45, 2.75) is 13.3 Å². The average Bonchev–Trinajstić information content (AvgIpc) is 3.06. The van der Waals surface area contributed by atoms with Crippen LogP contribution in [0.5, 0.6) is 0 Å². The van der Waals surface area contributed by atoms with Crippen LogP contribution in [0.3, 0.4) is 0 Å². The minimum absolute atomic E-state index is 0.0971. The van der Waals surface area contributed by atoms with Gasteiger partial charge in [0.25, 0.3) is 0 Å². The number of nitrogens with one attached hydrogen (secondary N) is 1. The number of rotatable bonds is 5. The summed E-state index contributed by atoms with van der Waals surface area (Å²) in [6.07, 6.45) is 1.00. The lowest BCUT2D eigenvalue weighted by Gasteiger charge is -2.22. The molecule has 1 aliphatic rings. The number of carbonyl (C=O) groups is 2. The largest absolute Gasteiger partial charge is 0.465 e. The van der Waals surface area contributed by atoms with Gasteiger partial charge in [-0.25, -0.2) is 4.79 Å². The van der Waals surface area contributed by atoms with Crippen LogP contribution < -0.4 is 11.1 Å². The third-order valence-corrected chi connectivity index (χ3v) is 4.70. The summed E-state index contributed by atoms with van der Waals surface area (Å²) in [5.41, 5.74) is 6.37. The van der Waals surface area contributed by atoms with Crippen molar-refractivity contribution in [2.75, 3.05) is 38.6 Å². The molecule has 0 aliphatic carbocycles. The van der Waals surface area contributed by atoms with Crippen molar-refractivity contribution in [1.29, 1.82) is 0 Å². The molecule has 1 fully saturated rings. The van der Waals surface area contributed by atoms with E-state index in [4.69, 9.17) is 5.73 Å². The predicted octanol–water partition coefficient (Wildman–Crippen LogP) is 1.14. The number of carbonyl (C=O) groups excluding carboxylic acids is 2. The van der Waals surface area contributed by atoms with Gasteiger partial charge in [0.15, 0.2) is 0 Å². The number of methoxy groups -OCH3 is 1. The van der Waals surface area contributed by atoms with E-state index in [2.05, 4.69) is 21.9 Å². The summed E-state index contributed by atoms with van der Waals surface area (Å²) in [7, 11) is 1.32. The molecule has 0 saturated carbocycles. The first-order chi connectivity index (χ1) is 9.97. The second-order valence-electron chi connectivity index (χ2n) is 5.68. The van der Waals surface area contributed by atoms with Crippen molar-refractivity contribution in [3.8, 4) is 0 Å². The third-order valence-electron chi connectivity index (χ3n) is 3.81. The lowest BCUT2D eigenvalue weighted by molar-refractivity contribution is -0.117. The Labute approximate surface area is 128 Å². The maximum atomic E-state index is 12.1. The van der Waals surface area contributed by atoms with Crippen molar-refractivity contribution >= 4 is 28.9 Å². The molecule has 21 heavy (non-hydrogen) atoms. The highest BCUT2D eigenvalue weighted by Crippen LogP contribution is 2.28. The van der Waals surface area contributed by atoms with Crippen molar-refractivity contribution < 1.29 is 14.3 Å². The van der Waals surface area contributed by atoms with E-state index in [9.17, 15) is 9.59 Å². The fourth-order valence-corrected chi connectivity index (χ4v) is 3.24. The molecule has 1 amide bonds. The van der Waals surface area contributed by atoms with E-state index in [0.29, 0.717) is 23.7 Å². The number of hydrogen-bond donors (Lipinski definition) is 2. The van der Waals surface area contributed by atoms with Crippen LogP contribution in [0.15, 0.2) is 11.4 Å². The molecule has 6 nitrogen and oxygen atoms in total. The van der Waals surface area contributed by atoms with Crippen LogP contribution in [0.4, 0.5) is 5.69 Å². The second-order valence-corrected chi connectivity index (χ2v) is 6.59. The standard InChI is InChI=1S/C14H21N3O3S/c1-14(8-15)4-5-17(9-14)7-11(18)16-10-3-6-21-12(10)13(19)20-2/h3,6H,4-5,7-9,15H2,1-2H3,(H,16,18). The maximum absolute atomic E-state index is 12.1. The van der Waals surface area contributed by atoms with Crippen molar-refractivity contribution in [1.82, 2.24) is 4.90 Å². The van der Waals surface area contributed by atoms with Gasteiger partial charge >= 0.3 is 5.97 Å². The monoisotopic (exact) mass is 311 g/mol. The van der Waals surface area contributed by atoms with Gasteiger partial charge in [0.2, 0.25) is 5.91 Å². The molecule has 0 bridgehead atoms. The van der Waals surface area contributed by atoms with E-state index in [1.807, 2.05) is 0 Å². The van der Waals surface area contributed by atoms with Gasteiger partial charge in [0.1, 0.15) is 4.88 Å². The molecule has 3 N–H and O–H groups in total. The minimum atomic E-state index is -0.433. The Hall–Kier alpha value is -1.44. The molecule has 2 heterocycles. The smallest absolute Gasteiger partial charge is 0.350 e. The molecule has 2 rings (SSSR count). The Bertz CT molecular complexity index is 531. The van der Waals surface area contributed by atoms with Crippen molar-refractivity contribution in [2.24, 2.45) is 11.1 Å². The number of anilines is 1. The van der Waals surface area contributed by atoms with E-state index in [0.717, 1.165) is 19.5 Å². The first-order valence-electron chi connectivity index (χ1n) is 6.85. The Morgan fingerprint density at radius 2 is 2.33 bits per heavy atom. The number of thiophene rings is 1. The molecule has 1 saturated heterocycles. The van der Waals surface area contributed by atoms with Gasteiger partial charge in [-0.1, -0.05) is 6.92 Å². The predicted molar refractivity (Wildman–Crippen MR) is 82.5 cm³/mol. The molecule has 1 aromatic heterocycles. The number of nitrogens with zero attached hydrogens (tertiary/aromatic N) is 1. The second kappa shape index (κ2) is 6.55. The minimum Gasteiger partial charge on any atom is -0.465 e. The molecular formula is C14H21N3O3S. The summed E-state index contributed by atoms with van der Waals surface area (Å²) in [5.74, 6) is -0.558. The number of ether oxygens (including phenoxy) is 1. The van der Waals surface area contributed by atoms with Gasteiger partial charge in [-0.05, 0) is 36.4 Å². The van der Waals surface area contributed by atoms with E-state index >= 15 is 0 Å². The SMILES string of the molecule is COC(=O)c1sccc1NC(=O)CN1CCC(C)(CN)C1. The van der Waals surface area contributed by atoms with Crippen molar-refractivity contribution in [3.05, 3.63) is 16.3 Å². The number of esters is 1. The van der Waals surface area contributed by atoms with E-state index in [-0.39, 0.29) is 11.3 Å². The average molecular weight is 311 g/mol. The molecule has 1 aromatic rings. The van der Waals surface area contributed by atoms with Crippen LogP contribution in [0.1, 0.15) is 23.0 Å². The molecular weight excluding hydrogens is 290 g/mol. The maximum Gasteiger partial charge on any atom is 0.350 e. The summed E-state index contributed by atoms with van der Waals surface area (Å²) >= 11 is 1.25. The molecule has 1 atom stereocenters.